The average Bonchev–Trinajstić information content (AvgIpc) is 2.38. The molecule has 1 heterocycles. The van der Waals surface area contributed by atoms with Crippen LogP contribution in [0.5, 0.6) is 0 Å². The van der Waals surface area contributed by atoms with Crippen molar-refractivity contribution in [3.05, 3.63) is 22.8 Å². The van der Waals surface area contributed by atoms with Gasteiger partial charge in [-0.15, -0.1) is 0 Å². The lowest BCUT2D eigenvalue weighted by Crippen LogP contribution is -2.36. The van der Waals surface area contributed by atoms with Gasteiger partial charge >= 0.3 is 5.97 Å². The van der Waals surface area contributed by atoms with Crippen LogP contribution in [-0.2, 0) is 0 Å². The molecule has 1 aliphatic carbocycles. The molecule has 0 saturated heterocycles. The molecule has 4 nitrogen and oxygen atoms in total. The fourth-order valence-electron chi connectivity index (χ4n) is 2.66. The second-order valence-corrected chi connectivity index (χ2v) is 5.72. The Kier molecular flexibility index (Phi) is 4.30. The van der Waals surface area contributed by atoms with Gasteiger partial charge in [0.1, 0.15) is 16.5 Å². The summed E-state index contributed by atoms with van der Waals surface area (Å²) in [4.78, 5) is 17.4. The molecule has 5 heteroatoms. The number of nitrogens with zero attached hydrogens (tertiary/aromatic N) is 2. The number of rotatable bonds is 3. The van der Waals surface area contributed by atoms with Crippen molar-refractivity contribution in [2.75, 3.05) is 11.9 Å². The van der Waals surface area contributed by atoms with Gasteiger partial charge < -0.3 is 10.0 Å². The van der Waals surface area contributed by atoms with E-state index in [9.17, 15) is 9.90 Å². The summed E-state index contributed by atoms with van der Waals surface area (Å²) < 4.78 is 0. The number of aromatic carboxylic acids is 1. The Labute approximate surface area is 118 Å². The fourth-order valence-corrected chi connectivity index (χ4v) is 2.81. The van der Waals surface area contributed by atoms with Crippen molar-refractivity contribution in [2.24, 2.45) is 5.92 Å². The summed E-state index contributed by atoms with van der Waals surface area (Å²) in [6.45, 7) is 2.26. The molecule has 0 radical (unpaired) electrons. The SMILES string of the molecule is CC1CCC(N(C)c2nc(Cl)ccc2C(=O)O)CC1. The lowest BCUT2D eigenvalue weighted by molar-refractivity contribution is 0.0697. The number of pyridine rings is 1. The van der Waals surface area contributed by atoms with Crippen molar-refractivity contribution >= 4 is 23.4 Å². The molecule has 1 fully saturated rings. The van der Waals surface area contributed by atoms with E-state index in [-0.39, 0.29) is 5.56 Å². The summed E-state index contributed by atoms with van der Waals surface area (Å²) in [6, 6.07) is 3.39. The first kappa shape index (κ1) is 14.1. The molecule has 0 spiro atoms. The van der Waals surface area contributed by atoms with Crippen LogP contribution in [0.1, 0.15) is 43.0 Å². The summed E-state index contributed by atoms with van der Waals surface area (Å²) in [5.41, 5.74) is 0.213. The maximum absolute atomic E-state index is 11.3. The van der Waals surface area contributed by atoms with Crippen molar-refractivity contribution in [2.45, 2.75) is 38.6 Å². The number of anilines is 1. The number of carboxylic acids is 1. The van der Waals surface area contributed by atoms with Crippen molar-refractivity contribution in [1.82, 2.24) is 4.98 Å². The summed E-state index contributed by atoms with van der Waals surface area (Å²) in [5, 5.41) is 9.57. The largest absolute Gasteiger partial charge is 0.478 e. The highest BCUT2D eigenvalue weighted by molar-refractivity contribution is 6.29. The van der Waals surface area contributed by atoms with E-state index >= 15 is 0 Å². The monoisotopic (exact) mass is 282 g/mol. The standard InChI is InChI=1S/C14H19ClN2O2/c1-9-3-5-10(6-4-9)17(2)13-11(14(18)19)7-8-12(15)16-13/h7-10H,3-6H2,1-2H3,(H,18,19). The first-order valence-corrected chi connectivity index (χ1v) is 6.99. The van der Waals surface area contributed by atoms with E-state index in [4.69, 9.17) is 11.6 Å². The molecule has 0 unspecified atom stereocenters. The van der Waals surface area contributed by atoms with Crippen LogP contribution in [0.4, 0.5) is 5.82 Å². The molecule has 1 aromatic rings. The Morgan fingerprint density at radius 1 is 1.37 bits per heavy atom. The van der Waals surface area contributed by atoms with Crippen LogP contribution in [-0.4, -0.2) is 29.1 Å². The van der Waals surface area contributed by atoms with E-state index in [0.717, 1.165) is 18.8 Å². The molecule has 0 aromatic carbocycles. The maximum atomic E-state index is 11.3. The number of hydrogen-bond donors (Lipinski definition) is 1. The summed E-state index contributed by atoms with van der Waals surface area (Å²) >= 11 is 5.90. The van der Waals surface area contributed by atoms with E-state index in [1.165, 1.54) is 25.0 Å². The Morgan fingerprint density at radius 3 is 2.58 bits per heavy atom. The van der Waals surface area contributed by atoms with Crippen LogP contribution in [0, 0.1) is 5.92 Å². The van der Waals surface area contributed by atoms with Crippen molar-refractivity contribution in [3.8, 4) is 0 Å². The smallest absolute Gasteiger partial charge is 0.339 e. The average molecular weight is 283 g/mol. The Hall–Kier alpha value is -1.29. The number of carboxylic acid groups (broad SMARTS) is 1. The molecule has 0 aliphatic heterocycles. The maximum Gasteiger partial charge on any atom is 0.339 e. The van der Waals surface area contributed by atoms with Gasteiger partial charge in [-0.2, -0.15) is 0 Å². The van der Waals surface area contributed by atoms with E-state index in [0.29, 0.717) is 17.0 Å². The van der Waals surface area contributed by atoms with Crippen LogP contribution in [0.3, 0.4) is 0 Å². The predicted octanol–water partition coefficient (Wildman–Crippen LogP) is 3.45. The zero-order valence-corrected chi connectivity index (χ0v) is 12.0. The second-order valence-electron chi connectivity index (χ2n) is 5.33. The van der Waals surface area contributed by atoms with Gasteiger partial charge in [0, 0.05) is 13.1 Å². The summed E-state index contributed by atoms with van der Waals surface area (Å²) in [5.74, 6) is 0.269. The van der Waals surface area contributed by atoms with Gasteiger partial charge in [0.25, 0.3) is 0 Å². The number of carbonyl (C=O) groups is 1. The first-order chi connectivity index (χ1) is 8.99. The zero-order chi connectivity index (χ0) is 14.0. The van der Waals surface area contributed by atoms with Gasteiger partial charge in [0.15, 0.2) is 0 Å². The topological polar surface area (TPSA) is 53.4 Å². The molecule has 104 valence electrons. The predicted molar refractivity (Wildman–Crippen MR) is 76.0 cm³/mol. The Bertz CT molecular complexity index is 471. The highest BCUT2D eigenvalue weighted by Crippen LogP contribution is 2.30. The molecule has 0 amide bonds. The molecule has 0 atom stereocenters. The first-order valence-electron chi connectivity index (χ1n) is 6.61. The van der Waals surface area contributed by atoms with Crippen LogP contribution in [0.15, 0.2) is 12.1 Å². The van der Waals surface area contributed by atoms with E-state index in [1.54, 1.807) is 0 Å². The van der Waals surface area contributed by atoms with E-state index in [1.807, 2.05) is 11.9 Å². The molecule has 1 aliphatic rings. The molecule has 1 saturated carbocycles. The van der Waals surface area contributed by atoms with Gasteiger partial charge in [0.2, 0.25) is 0 Å². The lowest BCUT2D eigenvalue weighted by atomic mass is 9.86. The summed E-state index contributed by atoms with van der Waals surface area (Å²) in [7, 11) is 1.91. The van der Waals surface area contributed by atoms with Gasteiger partial charge in [-0.3, -0.25) is 0 Å². The van der Waals surface area contributed by atoms with Gasteiger partial charge in [0.05, 0.1) is 0 Å². The molecule has 19 heavy (non-hydrogen) atoms. The van der Waals surface area contributed by atoms with Gasteiger partial charge in [-0.25, -0.2) is 9.78 Å². The van der Waals surface area contributed by atoms with Crippen LogP contribution < -0.4 is 4.90 Å². The van der Waals surface area contributed by atoms with E-state index in [2.05, 4.69) is 11.9 Å². The second kappa shape index (κ2) is 5.78. The minimum absolute atomic E-state index is 0.213. The van der Waals surface area contributed by atoms with Gasteiger partial charge in [-0.1, -0.05) is 18.5 Å². The summed E-state index contributed by atoms with van der Waals surface area (Å²) in [6.07, 6.45) is 4.51. The number of aromatic nitrogens is 1. The normalized spacial score (nSPS) is 23.1. The van der Waals surface area contributed by atoms with Crippen LogP contribution in [0.2, 0.25) is 5.15 Å². The highest BCUT2D eigenvalue weighted by Gasteiger charge is 2.25. The highest BCUT2D eigenvalue weighted by atomic mass is 35.5. The molecule has 1 aromatic heterocycles. The Balaban J connectivity index is 2.25. The lowest BCUT2D eigenvalue weighted by Gasteiger charge is -2.34. The van der Waals surface area contributed by atoms with Crippen LogP contribution in [0.25, 0.3) is 0 Å². The third-order valence-corrected chi connectivity index (χ3v) is 4.15. The quantitative estimate of drug-likeness (QED) is 0.863. The fraction of sp³-hybridized carbons (Fsp3) is 0.571. The minimum Gasteiger partial charge on any atom is -0.478 e. The molecule has 1 N–H and O–H groups in total. The molecule has 2 rings (SSSR count). The van der Waals surface area contributed by atoms with Gasteiger partial charge in [-0.05, 0) is 43.7 Å². The molecular weight excluding hydrogens is 264 g/mol. The molecular formula is C14H19ClN2O2. The third-order valence-electron chi connectivity index (χ3n) is 3.94. The van der Waals surface area contributed by atoms with Crippen molar-refractivity contribution < 1.29 is 9.90 Å². The Morgan fingerprint density at radius 2 is 2.00 bits per heavy atom. The third kappa shape index (κ3) is 3.18. The minimum atomic E-state index is -0.963. The van der Waals surface area contributed by atoms with Crippen molar-refractivity contribution in [1.29, 1.82) is 0 Å². The van der Waals surface area contributed by atoms with Crippen LogP contribution >= 0.6 is 11.6 Å². The van der Waals surface area contributed by atoms with Crippen molar-refractivity contribution in [3.63, 3.8) is 0 Å². The molecule has 0 bridgehead atoms. The number of hydrogen-bond acceptors (Lipinski definition) is 3. The zero-order valence-electron chi connectivity index (χ0n) is 11.3. The number of halogens is 1. The van der Waals surface area contributed by atoms with E-state index < -0.39 is 5.97 Å².